The molecule has 0 aliphatic heterocycles. The Hall–Kier alpha value is -5.63. The van der Waals surface area contributed by atoms with Gasteiger partial charge in [-0.15, -0.1) is 0 Å². The van der Waals surface area contributed by atoms with Crippen molar-refractivity contribution in [3.05, 3.63) is 93.0 Å². The number of pyridine rings is 1. The lowest BCUT2D eigenvalue weighted by Gasteiger charge is -2.24. The lowest BCUT2D eigenvalue weighted by atomic mass is 9.84. The Morgan fingerprint density at radius 2 is 1.74 bits per heavy atom. The quantitative estimate of drug-likeness (QED) is 0.119. The smallest absolute Gasteiger partial charge is 0.378 e. The number of aryl methyl sites for hydroxylation is 1. The van der Waals surface area contributed by atoms with Gasteiger partial charge in [-0.25, -0.2) is 22.2 Å². The number of rotatable bonds is 9. The molecule has 0 bridgehead atoms. The van der Waals surface area contributed by atoms with Crippen LogP contribution in [0, 0.1) is 41.2 Å². The maximum atomic E-state index is 15.5. The number of aromatic nitrogens is 5. The van der Waals surface area contributed by atoms with Crippen LogP contribution < -0.4 is 10.0 Å². The Bertz CT molecular complexity index is 2770. The molecule has 5 aromatic rings. The molecule has 0 saturated heterocycles. The van der Waals surface area contributed by atoms with Crippen molar-refractivity contribution in [1.82, 2.24) is 29.9 Å². The van der Waals surface area contributed by atoms with E-state index >= 15 is 8.78 Å². The molecule has 0 saturated carbocycles. The topological polar surface area (TPSA) is 144 Å². The average molecular weight is 848 g/mol. The van der Waals surface area contributed by atoms with Crippen LogP contribution >= 0.6 is 11.6 Å². The summed E-state index contributed by atoms with van der Waals surface area (Å²) in [6.07, 6.45) is -4.68. The number of amides is 1. The summed E-state index contributed by atoms with van der Waals surface area (Å²) in [5, 5.41) is 20.8. The molecule has 20 heteroatoms. The minimum Gasteiger partial charge on any atom is -0.378 e. The van der Waals surface area contributed by atoms with Crippen molar-refractivity contribution in [2.24, 2.45) is 13.0 Å². The van der Waals surface area contributed by atoms with Gasteiger partial charge in [-0.1, -0.05) is 35.4 Å². The molecule has 3 heterocycles. The molecule has 2 aliphatic carbocycles. The van der Waals surface area contributed by atoms with Gasteiger partial charge in [-0.2, -0.15) is 32.1 Å². The van der Waals surface area contributed by atoms with Crippen LogP contribution in [0.2, 0.25) is 5.02 Å². The van der Waals surface area contributed by atoms with Crippen molar-refractivity contribution >= 4 is 44.3 Å². The second kappa shape index (κ2) is 14.0. The number of carbonyl (C=O) groups excluding carboxylic acids is 1. The van der Waals surface area contributed by atoms with E-state index < -0.39 is 93.1 Å². The first-order valence-electron chi connectivity index (χ1n) is 17.1. The number of benzene rings is 2. The number of halogens is 8. The molecule has 1 amide bonds. The van der Waals surface area contributed by atoms with Crippen molar-refractivity contribution in [2.45, 2.75) is 56.5 Å². The maximum Gasteiger partial charge on any atom is 0.435 e. The van der Waals surface area contributed by atoms with E-state index in [-0.39, 0.29) is 48.9 Å². The molecule has 0 radical (unpaired) electrons. The van der Waals surface area contributed by atoms with Crippen molar-refractivity contribution in [3.8, 4) is 34.8 Å². The van der Waals surface area contributed by atoms with Gasteiger partial charge in [0.2, 0.25) is 15.9 Å². The molecule has 302 valence electrons. The van der Waals surface area contributed by atoms with Crippen LogP contribution in [0.4, 0.5) is 36.6 Å². The van der Waals surface area contributed by atoms with Crippen LogP contribution in [0.15, 0.2) is 42.5 Å². The number of alkyl halides is 5. The van der Waals surface area contributed by atoms with Gasteiger partial charge in [0, 0.05) is 29.8 Å². The molecule has 0 spiro atoms. The van der Waals surface area contributed by atoms with Crippen molar-refractivity contribution in [1.29, 1.82) is 0 Å². The summed E-state index contributed by atoms with van der Waals surface area (Å²) in [6, 6.07) is 7.05. The van der Waals surface area contributed by atoms with Gasteiger partial charge < -0.3 is 10.4 Å². The number of hydrogen-bond acceptors (Lipinski definition) is 7. The maximum absolute atomic E-state index is 15.5. The monoisotopic (exact) mass is 847 g/mol. The van der Waals surface area contributed by atoms with Crippen LogP contribution in [0.3, 0.4) is 0 Å². The summed E-state index contributed by atoms with van der Waals surface area (Å²) in [4.78, 5) is 18.6. The molecule has 2 aliphatic rings. The third-order valence-corrected chi connectivity index (χ3v) is 10.1. The molecule has 3 N–H and O–H groups in total. The molecular weight excluding hydrogens is 819 g/mol. The van der Waals surface area contributed by atoms with Gasteiger partial charge >= 0.3 is 12.1 Å². The van der Waals surface area contributed by atoms with Crippen LogP contribution in [-0.4, -0.2) is 55.8 Å². The zero-order chi connectivity index (χ0) is 42.3. The molecule has 7 rings (SSSR count). The third kappa shape index (κ3) is 7.69. The highest BCUT2D eigenvalue weighted by molar-refractivity contribution is 7.92. The Morgan fingerprint density at radius 1 is 1.07 bits per heavy atom. The van der Waals surface area contributed by atoms with Crippen molar-refractivity contribution in [3.63, 3.8) is 0 Å². The van der Waals surface area contributed by atoms with Crippen molar-refractivity contribution < 1.29 is 49.1 Å². The highest BCUT2D eigenvalue weighted by atomic mass is 35.5. The molecule has 2 aromatic carbocycles. The van der Waals surface area contributed by atoms with E-state index in [1.807, 2.05) is 0 Å². The Labute approximate surface area is 330 Å². The highest BCUT2D eigenvalue weighted by Crippen LogP contribution is 2.58. The summed E-state index contributed by atoms with van der Waals surface area (Å²) in [5.74, 6) is -0.421. The molecule has 3 atom stereocenters. The Kier molecular flexibility index (Phi) is 9.81. The summed E-state index contributed by atoms with van der Waals surface area (Å²) in [7, 11) is -2.37. The first kappa shape index (κ1) is 40.6. The molecule has 0 fully saturated rings. The van der Waals surface area contributed by atoms with Gasteiger partial charge in [0.15, 0.2) is 11.5 Å². The fourth-order valence-corrected chi connectivity index (χ4v) is 7.77. The van der Waals surface area contributed by atoms with Gasteiger partial charge in [0.05, 0.1) is 39.8 Å². The first-order chi connectivity index (χ1) is 26.9. The van der Waals surface area contributed by atoms with Crippen LogP contribution in [0.5, 0.6) is 0 Å². The summed E-state index contributed by atoms with van der Waals surface area (Å²) >= 11 is 6.56. The Morgan fingerprint density at radius 3 is 2.34 bits per heavy atom. The number of nitrogens with zero attached hydrogens (tertiary/aromatic N) is 5. The number of sulfonamides is 1. The van der Waals surface area contributed by atoms with Crippen LogP contribution in [0.1, 0.15) is 59.7 Å². The van der Waals surface area contributed by atoms with E-state index in [1.54, 1.807) is 0 Å². The van der Waals surface area contributed by atoms with E-state index in [0.29, 0.717) is 11.6 Å². The number of fused-ring (bicyclic) bond motifs is 4. The van der Waals surface area contributed by atoms with Crippen molar-refractivity contribution in [2.75, 3.05) is 11.0 Å². The normalized spacial score (nSPS) is 17.3. The second-order valence-electron chi connectivity index (χ2n) is 14.3. The van der Waals surface area contributed by atoms with Crippen LogP contribution in [-0.2, 0) is 46.9 Å². The lowest BCUT2D eigenvalue weighted by Crippen LogP contribution is -2.36. The van der Waals surface area contributed by atoms with E-state index in [9.17, 15) is 40.3 Å². The predicted molar refractivity (Wildman–Crippen MR) is 197 cm³/mol. The van der Waals surface area contributed by atoms with Gasteiger partial charge in [-0.05, 0) is 62.1 Å². The second-order valence-corrected chi connectivity index (χ2v) is 16.5. The number of aliphatic hydroxyl groups is 1. The molecular formula is C38H29ClF7N7O4S. The number of hydrogen-bond donors (Lipinski definition) is 3. The Balaban J connectivity index is 1.39. The number of carbonyl (C=O) groups is 1. The summed E-state index contributed by atoms with van der Waals surface area (Å²) in [6.45, 7) is 1.66. The third-order valence-electron chi connectivity index (χ3n) is 9.25. The van der Waals surface area contributed by atoms with E-state index in [2.05, 4.69) is 48.9 Å². The molecule has 3 aromatic heterocycles. The van der Waals surface area contributed by atoms with Gasteiger partial charge in [0.1, 0.15) is 41.1 Å². The van der Waals surface area contributed by atoms with E-state index in [1.165, 1.54) is 49.8 Å². The van der Waals surface area contributed by atoms with Gasteiger partial charge in [0.25, 0.3) is 0 Å². The fraction of sp³-hybridized carbons (Fsp3) is 0.316. The van der Waals surface area contributed by atoms with E-state index in [4.69, 9.17) is 11.6 Å². The average Bonchev–Trinajstić information content (AvgIpc) is 3.64. The lowest BCUT2D eigenvalue weighted by molar-refractivity contribution is -0.142. The predicted octanol–water partition coefficient (Wildman–Crippen LogP) is 6.20. The van der Waals surface area contributed by atoms with Gasteiger partial charge in [-0.3, -0.25) is 18.9 Å². The minimum atomic E-state index is -5.16. The standard InChI is InChI=1S/C38H29ClF7N7O4S/c1-36(2,55)12-11-21-5-6-22(23-8-10-26(39)30-32(23)52(3)50-35(30)51-58(4,56)57)31(47-21)27(15-18-13-19(40)16-20(41)14-18)48-28(54)17-53-34-29(33(49-53)38(44,45)46)24-7-9-25(24)37(34,42)43/h5-6,8,10,13-14,16,24-25,27,55H,15,17H2,1-4H3,(H,48,54)(H,50,51)/t24-,25+,27-/m0/s1. The number of anilines is 1. The van der Waals surface area contributed by atoms with E-state index in [0.717, 1.165) is 18.4 Å². The molecule has 0 unspecified atom stereocenters. The summed E-state index contributed by atoms with van der Waals surface area (Å²) < 4.78 is 131. The fourth-order valence-electron chi connectivity index (χ4n) is 7.04. The number of nitrogens with one attached hydrogen (secondary N) is 2. The summed E-state index contributed by atoms with van der Waals surface area (Å²) in [5.41, 5.74) is -4.34. The largest absolute Gasteiger partial charge is 0.435 e. The SMILES string of the molecule is Cn1nc(NS(C)(=O)=O)c2c(Cl)ccc(-c3ccc(C#CC(C)(C)O)nc3[C@H](Cc3cc(F)cc(F)c3)NC(=O)Cn3nc(C(F)(F)F)c4c3C(F)(F)[C@@H]3C#C[C@H]43)c21. The zero-order valence-electron chi connectivity index (χ0n) is 30.5. The first-order valence-corrected chi connectivity index (χ1v) is 19.4. The zero-order valence-corrected chi connectivity index (χ0v) is 32.1. The molecule has 11 nitrogen and oxygen atoms in total. The highest BCUT2D eigenvalue weighted by Gasteiger charge is 2.62. The molecule has 58 heavy (non-hydrogen) atoms. The van der Waals surface area contributed by atoms with Crippen LogP contribution in [0.25, 0.3) is 22.0 Å². The minimum absolute atomic E-state index is 0.0232.